The average molecular weight is 396 g/mol. The Labute approximate surface area is 171 Å². The zero-order valence-corrected chi connectivity index (χ0v) is 17.2. The fourth-order valence-corrected chi connectivity index (χ4v) is 3.19. The van der Waals surface area contributed by atoms with Gasteiger partial charge in [0.25, 0.3) is 0 Å². The normalized spacial score (nSPS) is 13.6. The predicted octanol–water partition coefficient (Wildman–Crippen LogP) is 3.77. The minimum absolute atomic E-state index is 0.188. The predicted molar refractivity (Wildman–Crippen MR) is 110 cm³/mol. The first-order valence-corrected chi connectivity index (χ1v) is 9.83. The molecule has 1 aliphatic heterocycles. The minimum Gasteiger partial charge on any atom is -0.444 e. The summed E-state index contributed by atoms with van der Waals surface area (Å²) in [5.74, 6) is -0.188. The molecule has 0 aromatic heterocycles. The van der Waals surface area contributed by atoms with Crippen molar-refractivity contribution in [1.82, 2.24) is 10.4 Å². The van der Waals surface area contributed by atoms with E-state index in [-0.39, 0.29) is 18.4 Å². The van der Waals surface area contributed by atoms with E-state index in [0.29, 0.717) is 19.7 Å². The monoisotopic (exact) mass is 396 g/mol. The second-order valence-electron chi connectivity index (χ2n) is 8.23. The molecule has 29 heavy (non-hydrogen) atoms. The van der Waals surface area contributed by atoms with E-state index in [1.54, 1.807) is 4.90 Å². The van der Waals surface area contributed by atoms with E-state index in [1.807, 2.05) is 69.3 Å². The first kappa shape index (κ1) is 20.9. The van der Waals surface area contributed by atoms with Crippen LogP contribution in [0.25, 0.3) is 0 Å². The number of rotatable bonds is 5. The Morgan fingerprint density at radius 3 is 2.52 bits per heavy atom. The molecular formula is C23H28N2O4. The van der Waals surface area contributed by atoms with Crippen molar-refractivity contribution >= 4 is 12.0 Å². The number of benzene rings is 2. The molecule has 6 nitrogen and oxygen atoms in total. The van der Waals surface area contributed by atoms with Gasteiger partial charge in [-0.05, 0) is 49.4 Å². The van der Waals surface area contributed by atoms with Gasteiger partial charge in [0.05, 0.1) is 13.0 Å². The lowest BCUT2D eigenvalue weighted by Gasteiger charge is -2.31. The quantitative estimate of drug-likeness (QED) is 0.781. The number of carbonyl (C=O) groups is 2. The van der Waals surface area contributed by atoms with Crippen LogP contribution in [0.3, 0.4) is 0 Å². The highest BCUT2D eigenvalue weighted by atomic mass is 16.6. The molecular weight excluding hydrogens is 368 g/mol. The minimum atomic E-state index is -0.503. The summed E-state index contributed by atoms with van der Waals surface area (Å²) in [4.78, 5) is 31.4. The number of ether oxygens (including phenoxy) is 1. The van der Waals surface area contributed by atoms with E-state index < -0.39 is 5.60 Å². The molecule has 0 aliphatic carbocycles. The summed E-state index contributed by atoms with van der Waals surface area (Å²) < 4.78 is 5.46. The number of carbonyl (C=O) groups excluding carboxylic acids is 2. The molecule has 0 spiro atoms. The van der Waals surface area contributed by atoms with Crippen LogP contribution in [-0.4, -0.2) is 29.0 Å². The average Bonchev–Trinajstić information content (AvgIpc) is 2.67. The van der Waals surface area contributed by atoms with E-state index in [2.05, 4.69) is 5.48 Å². The van der Waals surface area contributed by atoms with Crippen molar-refractivity contribution < 1.29 is 19.2 Å². The van der Waals surface area contributed by atoms with E-state index in [9.17, 15) is 9.59 Å². The van der Waals surface area contributed by atoms with Crippen LogP contribution in [0.1, 0.15) is 43.0 Å². The van der Waals surface area contributed by atoms with Crippen LogP contribution in [0, 0.1) is 0 Å². The molecule has 6 heteroatoms. The molecule has 0 radical (unpaired) electrons. The lowest BCUT2D eigenvalue weighted by molar-refractivity contribution is -0.133. The van der Waals surface area contributed by atoms with Gasteiger partial charge in [-0.3, -0.25) is 9.63 Å². The van der Waals surface area contributed by atoms with Crippen molar-refractivity contribution in [2.75, 3.05) is 6.54 Å². The molecule has 0 unspecified atom stereocenters. The Kier molecular flexibility index (Phi) is 6.54. The molecule has 0 atom stereocenters. The molecule has 1 N–H and O–H groups in total. The maximum Gasteiger partial charge on any atom is 0.410 e. The van der Waals surface area contributed by atoms with Gasteiger partial charge in [0.15, 0.2) is 0 Å². The smallest absolute Gasteiger partial charge is 0.410 e. The summed E-state index contributed by atoms with van der Waals surface area (Å²) in [6.45, 7) is 7.06. The summed E-state index contributed by atoms with van der Waals surface area (Å²) in [7, 11) is 0. The molecule has 0 saturated carbocycles. The largest absolute Gasteiger partial charge is 0.444 e. The van der Waals surface area contributed by atoms with Gasteiger partial charge in [-0.1, -0.05) is 48.5 Å². The summed E-state index contributed by atoms with van der Waals surface area (Å²) >= 11 is 0. The standard InChI is InChI=1S/C23H28N2O4/c1-23(2,3)29-22(27)25-12-11-19-13-18(9-10-20(19)15-25)14-21(26)24-28-16-17-7-5-4-6-8-17/h4-10,13H,11-12,14-16H2,1-3H3,(H,24,26). The first-order chi connectivity index (χ1) is 13.8. The molecule has 1 heterocycles. The lowest BCUT2D eigenvalue weighted by Crippen LogP contribution is -2.39. The number of fused-ring (bicyclic) bond motifs is 1. The first-order valence-electron chi connectivity index (χ1n) is 9.83. The number of amides is 2. The lowest BCUT2D eigenvalue weighted by atomic mass is 9.96. The topological polar surface area (TPSA) is 67.9 Å². The molecule has 2 aromatic rings. The summed E-state index contributed by atoms with van der Waals surface area (Å²) in [6, 6.07) is 15.6. The van der Waals surface area contributed by atoms with Crippen molar-refractivity contribution in [3.05, 3.63) is 70.8 Å². The number of nitrogens with one attached hydrogen (secondary N) is 1. The summed E-state index contributed by atoms with van der Waals surface area (Å²) in [5.41, 5.74) is 6.17. The van der Waals surface area contributed by atoms with Gasteiger partial charge in [0, 0.05) is 13.1 Å². The van der Waals surface area contributed by atoms with E-state index in [4.69, 9.17) is 9.57 Å². The van der Waals surface area contributed by atoms with Crippen LogP contribution in [-0.2, 0) is 40.4 Å². The Morgan fingerprint density at radius 2 is 1.79 bits per heavy atom. The van der Waals surface area contributed by atoms with Crippen molar-refractivity contribution in [2.45, 2.75) is 52.4 Å². The SMILES string of the molecule is CC(C)(C)OC(=O)N1CCc2cc(CC(=O)NOCc3ccccc3)ccc2C1. The van der Waals surface area contributed by atoms with E-state index >= 15 is 0 Å². The highest BCUT2D eigenvalue weighted by Gasteiger charge is 2.25. The fraction of sp³-hybridized carbons (Fsp3) is 0.391. The Morgan fingerprint density at radius 1 is 1.03 bits per heavy atom. The third kappa shape index (κ3) is 6.32. The molecule has 2 aromatic carbocycles. The van der Waals surface area contributed by atoms with Gasteiger partial charge in [-0.15, -0.1) is 0 Å². The molecule has 3 rings (SSSR count). The van der Waals surface area contributed by atoms with Gasteiger partial charge in [-0.25, -0.2) is 10.3 Å². The zero-order chi connectivity index (χ0) is 20.9. The summed E-state index contributed by atoms with van der Waals surface area (Å²) in [5, 5.41) is 0. The molecule has 2 amide bonds. The van der Waals surface area contributed by atoms with Crippen LogP contribution in [0.4, 0.5) is 4.79 Å². The molecule has 0 saturated heterocycles. The number of hydrogen-bond acceptors (Lipinski definition) is 4. The van der Waals surface area contributed by atoms with Gasteiger partial charge >= 0.3 is 6.09 Å². The van der Waals surface area contributed by atoms with Gasteiger partial charge in [0.1, 0.15) is 5.60 Å². The van der Waals surface area contributed by atoms with Crippen LogP contribution in [0.2, 0.25) is 0 Å². The van der Waals surface area contributed by atoms with E-state index in [0.717, 1.165) is 23.1 Å². The number of hydroxylamine groups is 1. The molecule has 0 fully saturated rings. The van der Waals surface area contributed by atoms with E-state index in [1.165, 1.54) is 5.56 Å². The molecule has 154 valence electrons. The molecule has 1 aliphatic rings. The van der Waals surface area contributed by atoms with Crippen molar-refractivity contribution in [3.8, 4) is 0 Å². The summed E-state index contributed by atoms with van der Waals surface area (Å²) in [6.07, 6.45) is 0.703. The maximum atomic E-state index is 12.3. The zero-order valence-electron chi connectivity index (χ0n) is 17.2. The highest BCUT2D eigenvalue weighted by molar-refractivity contribution is 5.77. The number of hydrogen-bond donors (Lipinski definition) is 1. The fourth-order valence-electron chi connectivity index (χ4n) is 3.19. The Hall–Kier alpha value is -2.86. The highest BCUT2D eigenvalue weighted by Crippen LogP contribution is 2.22. The third-order valence-electron chi connectivity index (χ3n) is 4.57. The Bertz CT molecular complexity index is 859. The van der Waals surface area contributed by atoms with Gasteiger partial charge in [-0.2, -0.15) is 0 Å². The molecule has 0 bridgehead atoms. The van der Waals surface area contributed by atoms with Crippen LogP contribution >= 0.6 is 0 Å². The van der Waals surface area contributed by atoms with Crippen molar-refractivity contribution in [1.29, 1.82) is 0 Å². The van der Waals surface area contributed by atoms with Crippen LogP contribution in [0.5, 0.6) is 0 Å². The second kappa shape index (κ2) is 9.09. The van der Waals surface area contributed by atoms with Crippen molar-refractivity contribution in [2.24, 2.45) is 0 Å². The number of nitrogens with zero attached hydrogens (tertiary/aromatic N) is 1. The van der Waals surface area contributed by atoms with Crippen LogP contribution in [0.15, 0.2) is 48.5 Å². The van der Waals surface area contributed by atoms with Crippen LogP contribution < -0.4 is 5.48 Å². The van der Waals surface area contributed by atoms with Gasteiger partial charge in [0.2, 0.25) is 5.91 Å². The van der Waals surface area contributed by atoms with Gasteiger partial charge < -0.3 is 9.64 Å². The second-order valence-corrected chi connectivity index (χ2v) is 8.23. The maximum absolute atomic E-state index is 12.3. The van der Waals surface area contributed by atoms with Crippen molar-refractivity contribution in [3.63, 3.8) is 0 Å². The third-order valence-corrected chi connectivity index (χ3v) is 4.57. The Balaban J connectivity index is 1.51.